The molecule has 5 rings (SSSR count). The zero-order valence-electron chi connectivity index (χ0n) is 13.8. The number of piperazine rings is 1. The summed E-state index contributed by atoms with van der Waals surface area (Å²) >= 11 is 0. The molecule has 0 unspecified atom stereocenters. The highest BCUT2D eigenvalue weighted by molar-refractivity contribution is 5.45. The molecule has 1 saturated heterocycles. The van der Waals surface area contributed by atoms with Crippen LogP contribution in [0, 0.1) is 0 Å². The third-order valence-corrected chi connectivity index (χ3v) is 5.26. The minimum absolute atomic E-state index is 0.668. The minimum atomic E-state index is 0.668. The van der Waals surface area contributed by atoms with Crippen LogP contribution in [0.15, 0.2) is 24.5 Å². The average molecular weight is 322 g/mol. The van der Waals surface area contributed by atoms with Gasteiger partial charge in [0.15, 0.2) is 5.82 Å². The van der Waals surface area contributed by atoms with Crippen LogP contribution in [0.1, 0.15) is 48.9 Å². The summed E-state index contributed by atoms with van der Waals surface area (Å²) in [6.07, 6.45) is 6.82. The Balaban J connectivity index is 1.24. The first-order valence-electron chi connectivity index (χ1n) is 9.02. The van der Waals surface area contributed by atoms with Crippen molar-refractivity contribution in [2.75, 3.05) is 36.0 Å². The molecule has 0 N–H and O–H groups in total. The molecular weight excluding hydrogens is 300 g/mol. The van der Waals surface area contributed by atoms with E-state index in [1.54, 1.807) is 6.33 Å². The molecule has 124 valence electrons. The van der Waals surface area contributed by atoms with Crippen molar-refractivity contribution in [2.24, 2.45) is 0 Å². The van der Waals surface area contributed by atoms with E-state index in [0.717, 1.165) is 43.5 Å². The van der Waals surface area contributed by atoms with Gasteiger partial charge >= 0.3 is 0 Å². The van der Waals surface area contributed by atoms with E-state index in [0.29, 0.717) is 11.8 Å². The Kier molecular flexibility index (Phi) is 3.35. The largest absolute Gasteiger partial charge is 0.353 e. The Hall–Kier alpha value is -2.24. The van der Waals surface area contributed by atoms with Crippen LogP contribution in [-0.4, -0.2) is 46.3 Å². The van der Waals surface area contributed by atoms with Gasteiger partial charge in [-0.15, -0.1) is 5.10 Å². The summed E-state index contributed by atoms with van der Waals surface area (Å²) in [5.74, 6) is 3.41. The first-order valence-corrected chi connectivity index (χ1v) is 9.02. The predicted octanol–water partition coefficient (Wildman–Crippen LogP) is 2.35. The maximum Gasteiger partial charge on any atom is 0.151 e. The van der Waals surface area contributed by atoms with E-state index in [2.05, 4.69) is 48.2 Å². The number of hydrogen-bond donors (Lipinski definition) is 0. The van der Waals surface area contributed by atoms with Gasteiger partial charge in [0.1, 0.15) is 12.1 Å². The molecule has 1 aliphatic heterocycles. The van der Waals surface area contributed by atoms with Crippen molar-refractivity contribution < 1.29 is 0 Å². The van der Waals surface area contributed by atoms with E-state index in [9.17, 15) is 0 Å². The second-order valence-corrected chi connectivity index (χ2v) is 7.14. The molecule has 2 saturated carbocycles. The summed E-state index contributed by atoms with van der Waals surface area (Å²) in [5, 5.41) is 8.84. The molecular formula is C18H22N6. The van der Waals surface area contributed by atoms with E-state index >= 15 is 0 Å². The van der Waals surface area contributed by atoms with E-state index in [-0.39, 0.29) is 0 Å². The van der Waals surface area contributed by atoms with Gasteiger partial charge in [-0.1, -0.05) is 0 Å². The van der Waals surface area contributed by atoms with Crippen molar-refractivity contribution >= 4 is 11.6 Å². The monoisotopic (exact) mass is 322 g/mol. The average Bonchev–Trinajstić information content (AvgIpc) is 3.55. The van der Waals surface area contributed by atoms with E-state index in [1.165, 1.54) is 31.4 Å². The molecule has 6 nitrogen and oxygen atoms in total. The molecule has 2 aliphatic carbocycles. The van der Waals surface area contributed by atoms with Gasteiger partial charge in [-0.25, -0.2) is 9.97 Å². The smallest absolute Gasteiger partial charge is 0.151 e. The molecule has 0 aromatic carbocycles. The highest BCUT2D eigenvalue weighted by atomic mass is 15.3. The van der Waals surface area contributed by atoms with Crippen molar-refractivity contribution in [2.45, 2.75) is 37.5 Å². The first kappa shape index (κ1) is 14.1. The molecule has 2 aromatic rings. The number of hydrogen-bond acceptors (Lipinski definition) is 6. The molecule has 3 aliphatic rings. The van der Waals surface area contributed by atoms with Crippen molar-refractivity contribution in [3.63, 3.8) is 0 Å². The lowest BCUT2D eigenvalue weighted by Crippen LogP contribution is -2.47. The normalized spacial score (nSPS) is 21.2. The minimum Gasteiger partial charge on any atom is -0.353 e. The fraction of sp³-hybridized carbons (Fsp3) is 0.556. The fourth-order valence-electron chi connectivity index (χ4n) is 3.40. The second-order valence-electron chi connectivity index (χ2n) is 7.14. The van der Waals surface area contributed by atoms with Crippen LogP contribution in [0.4, 0.5) is 11.6 Å². The number of nitrogens with zero attached hydrogens (tertiary/aromatic N) is 6. The number of aromatic nitrogens is 4. The van der Waals surface area contributed by atoms with Crippen LogP contribution >= 0.6 is 0 Å². The Labute approximate surface area is 141 Å². The van der Waals surface area contributed by atoms with E-state index < -0.39 is 0 Å². The Morgan fingerprint density at radius 1 is 0.708 bits per heavy atom. The summed E-state index contributed by atoms with van der Waals surface area (Å²) < 4.78 is 0. The van der Waals surface area contributed by atoms with Crippen LogP contribution in [0.3, 0.4) is 0 Å². The molecule has 24 heavy (non-hydrogen) atoms. The van der Waals surface area contributed by atoms with Crippen LogP contribution in [0.2, 0.25) is 0 Å². The highest BCUT2D eigenvalue weighted by Crippen LogP contribution is 2.40. The lowest BCUT2D eigenvalue weighted by molar-refractivity contribution is 0.635. The van der Waals surface area contributed by atoms with Crippen molar-refractivity contribution in [1.29, 1.82) is 0 Å². The zero-order chi connectivity index (χ0) is 15.9. The molecule has 0 amide bonds. The SMILES string of the molecule is c1nc(C2CC2)cc(N2CCN(c3ccc(C4CC4)nn3)CC2)n1. The van der Waals surface area contributed by atoms with E-state index in [4.69, 9.17) is 0 Å². The van der Waals surface area contributed by atoms with Gasteiger partial charge in [0.05, 0.1) is 5.69 Å². The summed E-state index contributed by atoms with van der Waals surface area (Å²) in [6, 6.07) is 6.46. The summed E-state index contributed by atoms with van der Waals surface area (Å²) in [7, 11) is 0. The fourth-order valence-corrected chi connectivity index (χ4v) is 3.40. The molecule has 0 bridgehead atoms. The molecule has 0 spiro atoms. The Morgan fingerprint density at radius 2 is 1.38 bits per heavy atom. The molecule has 6 heteroatoms. The number of anilines is 2. The molecule has 2 aromatic heterocycles. The zero-order valence-corrected chi connectivity index (χ0v) is 13.8. The van der Waals surface area contributed by atoms with Crippen LogP contribution in [0.5, 0.6) is 0 Å². The third-order valence-electron chi connectivity index (χ3n) is 5.26. The van der Waals surface area contributed by atoms with Gasteiger partial charge < -0.3 is 9.80 Å². The lowest BCUT2D eigenvalue weighted by atomic mass is 10.2. The maximum absolute atomic E-state index is 4.48. The van der Waals surface area contributed by atoms with Gasteiger partial charge in [-0.05, 0) is 37.8 Å². The lowest BCUT2D eigenvalue weighted by Gasteiger charge is -2.35. The highest BCUT2D eigenvalue weighted by Gasteiger charge is 2.27. The van der Waals surface area contributed by atoms with Crippen molar-refractivity contribution in [1.82, 2.24) is 20.2 Å². The Morgan fingerprint density at radius 3 is 2.00 bits per heavy atom. The van der Waals surface area contributed by atoms with Crippen LogP contribution in [0.25, 0.3) is 0 Å². The maximum atomic E-state index is 4.48. The number of rotatable bonds is 4. The topological polar surface area (TPSA) is 58.0 Å². The quantitative estimate of drug-likeness (QED) is 0.861. The standard InChI is InChI=1S/C18H22N6/c1-2-13(1)15-5-6-17(22-21-15)23-7-9-24(10-8-23)18-11-16(14-3-4-14)19-12-20-18/h5-6,11-14H,1-4,7-10H2. The van der Waals surface area contributed by atoms with Gasteiger partial charge in [0.2, 0.25) is 0 Å². The summed E-state index contributed by atoms with van der Waals surface area (Å²) in [5.41, 5.74) is 2.37. The summed E-state index contributed by atoms with van der Waals surface area (Å²) in [4.78, 5) is 13.6. The van der Waals surface area contributed by atoms with Crippen molar-refractivity contribution in [3.8, 4) is 0 Å². The molecule has 3 fully saturated rings. The molecule has 0 radical (unpaired) electrons. The van der Waals surface area contributed by atoms with Crippen LogP contribution < -0.4 is 9.80 Å². The van der Waals surface area contributed by atoms with Crippen LogP contribution in [-0.2, 0) is 0 Å². The van der Waals surface area contributed by atoms with Gasteiger partial charge in [0.25, 0.3) is 0 Å². The summed E-state index contributed by atoms with van der Waals surface area (Å²) in [6.45, 7) is 3.85. The van der Waals surface area contributed by atoms with Gasteiger partial charge in [0, 0.05) is 49.8 Å². The third kappa shape index (κ3) is 2.81. The van der Waals surface area contributed by atoms with E-state index in [1.807, 2.05) is 0 Å². The molecule has 0 atom stereocenters. The molecule has 3 heterocycles. The second kappa shape index (κ2) is 5.69. The van der Waals surface area contributed by atoms with Gasteiger partial charge in [-0.2, -0.15) is 5.10 Å². The van der Waals surface area contributed by atoms with Crippen molar-refractivity contribution in [3.05, 3.63) is 35.9 Å². The Bertz CT molecular complexity index is 715. The first-order chi connectivity index (χ1) is 11.9. The predicted molar refractivity (Wildman–Crippen MR) is 92.4 cm³/mol. The van der Waals surface area contributed by atoms with Gasteiger partial charge in [-0.3, -0.25) is 0 Å².